The van der Waals surface area contributed by atoms with Crippen LogP contribution in [0.4, 0.5) is 11.4 Å². The molecule has 1 aromatic rings. The summed E-state index contributed by atoms with van der Waals surface area (Å²) < 4.78 is 0. The zero-order valence-electron chi connectivity index (χ0n) is 10.7. The number of rotatable bonds is 3. The third kappa shape index (κ3) is 2.95. The van der Waals surface area contributed by atoms with Gasteiger partial charge >= 0.3 is 0 Å². The lowest BCUT2D eigenvalue weighted by Crippen LogP contribution is -2.53. The summed E-state index contributed by atoms with van der Waals surface area (Å²) in [6.45, 7) is -0.565. The zero-order valence-corrected chi connectivity index (χ0v) is 10.7. The lowest BCUT2D eigenvalue weighted by Gasteiger charge is -2.25. The maximum atomic E-state index is 12.2. The van der Waals surface area contributed by atoms with Crippen LogP contribution < -0.4 is 16.6 Å². The Bertz CT molecular complexity index is 628. The van der Waals surface area contributed by atoms with E-state index >= 15 is 0 Å². The molecule has 1 aromatic carbocycles. The second kappa shape index (κ2) is 5.54. The van der Waals surface area contributed by atoms with E-state index in [2.05, 4.69) is 10.7 Å². The summed E-state index contributed by atoms with van der Waals surface area (Å²) in [5.74, 6) is 3.29. The van der Waals surface area contributed by atoms with Crippen LogP contribution >= 0.6 is 0 Å². The number of nitro benzene ring substituents is 1. The Labute approximate surface area is 118 Å². The van der Waals surface area contributed by atoms with Gasteiger partial charge in [0.1, 0.15) is 18.8 Å². The maximum Gasteiger partial charge on any atom is 0.294 e. The standard InChI is InChI=1S/C11H11N5O5/c12-14-7-2-1-6(3-8(7)16(20)21)11(19)15-4-9(17)13-10(18)5-15/h1-3,14H,4-5,12H2,(H,13,17,18). The van der Waals surface area contributed by atoms with Crippen molar-refractivity contribution in [1.82, 2.24) is 10.2 Å². The third-order valence-corrected chi connectivity index (χ3v) is 2.83. The Morgan fingerprint density at radius 3 is 2.48 bits per heavy atom. The molecular weight excluding hydrogens is 282 g/mol. The fraction of sp³-hybridized carbons (Fsp3) is 0.182. The molecular formula is C11H11N5O5. The molecule has 10 heteroatoms. The number of nitrogens with two attached hydrogens (primary N) is 1. The topological polar surface area (TPSA) is 148 Å². The van der Waals surface area contributed by atoms with E-state index in [9.17, 15) is 24.5 Å². The Kier molecular flexibility index (Phi) is 3.80. The number of hydrogen-bond donors (Lipinski definition) is 3. The van der Waals surface area contributed by atoms with Crippen molar-refractivity contribution < 1.29 is 19.3 Å². The van der Waals surface area contributed by atoms with E-state index < -0.39 is 22.6 Å². The number of nitro groups is 1. The molecule has 0 unspecified atom stereocenters. The van der Waals surface area contributed by atoms with Gasteiger partial charge in [0.05, 0.1) is 4.92 Å². The molecule has 10 nitrogen and oxygen atoms in total. The Morgan fingerprint density at radius 2 is 1.95 bits per heavy atom. The molecule has 21 heavy (non-hydrogen) atoms. The molecule has 2 rings (SSSR count). The van der Waals surface area contributed by atoms with Crippen LogP contribution in [0.3, 0.4) is 0 Å². The molecule has 3 amide bonds. The van der Waals surface area contributed by atoms with Crippen molar-refractivity contribution >= 4 is 29.1 Å². The maximum absolute atomic E-state index is 12.2. The Balaban J connectivity index is 2.31. The number of nitrogens with zero attached hydrogens (tertiary/aromatic N) is 2. The molecule has 0 radical (unpaired) electrons. The van der Waals surface area contributed by atoms with Gasteiger partial charge in [-0.15, -0.1) is 0 Å². The van der Waals surface area contributed by atoms with E-state index in [0.29, 0.717) is 0 Å². The predicted molar refractivity (Wildman–Crippen MR) is 70.0 cm³/mol. The van der Waals surface area contributed by atoms with E-state index in [1.54, 1.807) is 0 Å². The highest BCUT2D eigenvalue weighted by atomic mass is 16.6. The number of carbonyl (C=O) groups excluding carboxylic acids is 3. The van der Waals surface area contributed by atoms with Crippen molar-refractivity contribution in [2.75, 3.05) is 18.5 Å². The molecule has 1 heterocycles. The predicted octanol–water partition coefficient (Wildman–Crippen LogP) is -1.02. The van der Waals surface area contributed by atoms with E-state index in [4.69, 9.17) is 5.84 Å². The highest BCUT2D eigenvalue weighted by molar-refractivity contribution is 6.06. The van der Waals surface area contributed by atoms with E-state index in [1.165, 1.54) is 12.1 Å². The summed E-state index contributed by atoms with van der Waals surface area (Å²) in [4.78, 5) is 45.9. The molecule has 4 N–H and O–H groups in total. The number of anilines is 1. The minimum absolute atomic E-state index is 0.0109. The van der Waals surface area contributed by atoms with Gasteiger partial charge in [-0.1, -0.05) is 0 Å². The second-order valence-electron chi connectivity index (χ2n) is 4.27. The number of hydrogen-bond acceptors (Lipinski definition) is 7. The quantitative estimate of drug-likeness (QED) is 0.279. The molecule has 1 aliphatic rings. The van der Waals surface area contributed by atoms with Crippen molar-refractivity contribution in [3.05, 3.63) is 33.9 Å². The molecule has 0 aliphatic carbocycles. The minimum atomic E-state index is -0.694. The Hall–Kier alpha value is -3.01. The van der Waals surface area contributed by atoms with E-state index in [0.717, 1.165) is 11.0 Å². The first-order valence-electron chi connectivity index (χ1n) is 5.79. The van der Waals surface area contributed by atoms with Gasteiger partial charge in [-0.2, -0.15) is 0 Å². The van der Waals surface area contributed by atoms with Crippen molar-refractivity contribution in [3.8, 4) is 0 Å². The summed E-state index contributed by atoms with van der Waals surface area (Å²) in [5, 5.41) is 13.0. The molecule has 110 valence electrons. The minimum Gasteiger partial charge on any atom is -0.320 e. The van der Waals surface area contributed by atoms with Crippen LogP contribution in [0.2, 0.25) is 0 Å². The molecule has 0 atom stereocenters. The van der Waals surface area contributed by atoms with Gasteiger partial charge in [-0.3, -0.25) is 35.7 Å². The molecule has 0 aromatic heterocycles. The largest absolute Gasteiger partial charge is 0.320 e. The monoisotopic (exact) mass is 293 g/mol. The van der Waals surface area contributed by atoms with Gasteiger partial charge < -0.3 is 10.3 Å². The summed E-state index contributed by atoms with van der Waals surface area (Å²) >= 11 is 0. The summed E-state index contributed by atoms with van der Waals surface area (Å²) in [7, 11) is 0. The molecule has 0 bridgehead atoms. The fourth-order valence-electron chi connectivity index (χ4n) is 1.90. The Morgan fingerprint density at radius 1 is 1.33 bits per heavy atom. The van der Waals surface area contributed by atoms with Crippen LogP contribution in [0, 0.1) is 10.1 Å². The molecule has 0 spiro atoms. The van der Waals surface area contributed by atoms with Crippen molar-refractivity contribution in [2.24, 2.45) is 5.84 Å². The van der Waals surface area contributed by atoms with Crippen molar-refractivity contribution in [2.45, 2.75) is 0 Å². The average Bonchev–Trinajstić information content (AvgIpc) is 2.44. The first kappa shape index (κ1) is 14.4. The van der Waals surface area contributed by atoms with Gasteiger partial charge in [0.15, 0.2) is 0 Å². The average molecular weight is 293 g/mol. The van der Waals surface area contributed by atoms with Gasteiger partial charge in [-0.05, 0) is 12.1 Å². The fourth-order valence-corrected chi connectivity index (χ4v) is 1.90. The lowest BCUT2D eigenvalue weighted by atomic mass is 10.1. The van der Waals surface area contributed by atoms with Crippen LogP contribution in [0.5, 0.6) is 0 Å². The molecule has 1 saturated heterocycles. The number of nitrogen functional groups attached to an aromatic ring is 1. The van der Waals surface area contributed by atoms with E-state index in [-0.39, 0.29) is 30.0 Å². The summed E-state index contributed by atoms with van der Waals surface area (Å²) in [5.41, 5.74) is 1.81. The number of carbonyl (C=O) groups is 3. The molecule has 0 saturated carbocycles. The molecule has 1 fully saturated rings. The lowest BCUT2D eigenvalue weighted by molar-refractivity contribution is -0.384. The zero-order chi connectivity index (χ0) is 15.6. The smallest absolute Gasteiger partial charge is 0.294 e. The third-order valence-electron chi connectivity index (χ3n) is 2.83. The SMILES string of the molecule is NNc1ccc(C(=O)N2CC(=O)NC(=O)C2)cc1[N+](=O)[O-]. The number of imide groups is 1. The van der Waals surface area contributed by atoms with Crippen molar-refractivity contribution in [3.63, 3.8) is 0 Å². The highest BCUT2D eigenvalue weighted by Crippen LogP contribution is 2.25. The van der Waals surface area contributed by atoms with Crippen LogP contribution in [0.1, 0.15) is 10.4 Å². The highest BCUT2D eigenvalue weighted by Gasteiger charge is 2.28. The van der Waals surface area contributed by atoms with Crippen molar-refractivity contribution in [1.29, 1.82) is 0 Å². The normalized spacial score (nSPS) is 14.6. The summed E-state index contributed by atoms with van der Waals surface area (Å²) in [6.07, 6.45) is 0. The number of nitrogens with one attached hydrogen (secondary N) is 2. The first-order valence-corrected chi connectivity index (χ1v) is 5.79. The molecule has 1 aliphatic heterocycles. The number of amides is 3. The number of piperazine rings is 1. The van der Waals surface area contributed by atoms with Crippen LogP contribution in [0.15, 0.2) is 18.2 Å². The summed E-state index contributed by atoms with van der Waals surface area (Å²) in [6, 6.07) is 3.63. The number of hydrazine groups is 1. The second-order valence-corrected chi connectivity index (χ2v) is 4.27. The number of benzene rings is 1. The van der Waals surface area contributed by atoms with Crippen LogP contribution in [-0.2, 0) is 9.59 Å². The van der Waals surface area contributed by atoms with Gasteiger partial charge in [-0.25, -0.2) is 0 Å². The van der Waals surface area contributed by atoms with Crippen LogP contribution in [0.25, 0.3) is 0 Å². The van der Waals surface area contributed by atoms with E-state index in [1.807, 2.05) is 0 Å². The van der Waals surface area contributed by atoms with Crippen LogP contribution in [-0.4, -0.2) is 40.6 Å². The van der Waals surface area contributed by atoms with Gasteiger partial charge in [0, 0.05) is 11.6 Å². The van der Waals surface area contributed by atoms with Gasteiger partial charge in [0.25, 0.3) is 11.6 Å². The first-order chi connectivity index (χ1) is 9.92. The van der Waals surface area contributed by atoms with Gasteiger partial charge in [0.2, 0.25) is 11.8 Å².